The van der Waals surface area contributed by atoms with Crippen LogP contribution in [0.3, 0.4) is 0 Å². The third kappa shape index (κ3) is 5.18. The molecule has 0 saturated heterocycles. The van der Waals surface area contributed by atoms with Gasteiger partial charge in [-0.2, -0.15) is 5.10 Å². The summed E-state index contributed by atoms with van der Waals surface area (Å²) in [4.78, 5) is 12.6. The molecular weight excluding hydrogens is 290 g/mol. The lowest BCUT2D eigenvalue weighted by Gasteiger charge is -2.04. The van der Waals surface area contributed by atoms with E-state index in [1.807, 2.05) is 32.9 Å². The lowest BCUT2D eigenvalue weighted by molar-refractivity contribution is 0.346. The molecule has 0 aliphatic carbocycles. The van der Waals surface area contributed by atoms with Crippen LogP contribution in [0.2, 0.25) is 0 Å². The van der Waals surface area contributed by atoms with Gasteiger partial charge in [-0.05, 0) is 49.1 Å². The van der Waals surface area contributed by atoms with E-state index in [0.29, 0.717) is 11.7 Å². The highest BCUT2D eigenvalue weighted by Crippen LogP contribution is 2.16. The van der Waals surface area contributed by atoms with Gasteiger partial charge < -0.3 is 10.6 Å². The van der Waals surface area contributed by atoms with Crippen LogP contribution >= 0.6 is 0 Å². The van der Waals surface area contributed by atoms with E-state index in [-0.39, 0.29) is 6.61 Å². The standard InChI is InChI=1S/C17H21N5O/c1-4-14-8-20-17(21-9-14)23-11-16(22-18)10-19-15-6-12(2)5-13(3)7-15/h5-10H,4,11,18H2,1-3H3. The fourth-order valence-electron chi connectivity index (χ4n) is 2.02. The van der Waals surface area contributed by atoms with Gasteiger partial charge in [0.15, 0.2) is 0 Å². The summed E-state index contributed by atoms with van der Waals surface area (Å²) in [6.45, 7) is 6.27. The maximum atomic E-state index is 5.47. The quantitative estimate of drug-likeness (QED) is 0.505. The number of hydrazone groups is 1. The maximum absolute atomic E-state index is 5.47. The second-order valence-corrected chi connectivity index (χ2v) is 5.24. The molecule has 6 heteroatoms. The summed E-state index contributed by atoms with van der Waals surface area (Å²) in [6.07, 6.45) is 5.96. The normalized spacial score (nSPS) is 11.9. The topological polar surface area (TPSA) is 85.8 Å². The largest absolute Gasteiger partial charge is 0.457 e. The molecule has 0 unspecified atom stereocenters. The molecule has 0 aliphatic heterocycles. The molecule has 1 heterocycles. The smallest absolute Gasteiger partial charge is 0.316 e. The number of aryl methyl sites for hydroxylation is 3. The van der Waals surface area contributed by atoms with Gasteiger partial charge in [0.05, 0.1) is 11.9 Å². The first-order chi connectivity index (χ1) is 11.1. The number of benzene rings is 1. The summed E-state index contributed by atoms with van der Waals surface area (Å²) in [5.74, 6) is 5.38. The van der Waals surface area contributed by atoms with Crippen molar-refractivity contribution >= 4 is 17.6 Å². The van der Waals surface area contributed by atoms with Crippen LogP contribution in [0.25, 0.3) is 0 Å². The molecule has 0 amide bonds. The molecule has 0 saturated carbocycles. The van der Waals surface area contributed by atoms with E-state index in [9.17, 15) is 0 Å². The molecule has 0 aliphatic rings. The lowest BCUT2D eigenvalue weighted by Crippen LogP contribution is -2.16. The van der Waals surface area contributed by atoms with Crippen molar-refractivity contribution in [2.75, 3.05) is 6.61 Å². The molecular formula is C17H21N5O. The molecule has 0 atom stereocenters. The molecule has 23 heavy (non-hydrogen) atoms. The molecule has 1 aromatic carbocycles. The molecule has 2 rings (SSSR count). The van der Waals surface area contributed by atoms with Crippen LogP contribution in [-0.4, -0.2) is 28.5 Å². The summed E-state index contributed by atoms with van der Waals surface area (Å²) >= 11 is 0. The molecule has 2 aromatic rings. The first-order valence-electron chi connectivity index (χ1n) is 7.43. The lowest BCUT2D eigenvalue weighted by atomic mass is 10.1. The van der Waals surface area contributed by atoms with Crippen molar-refractivity contribution in [1.29, 1.82) is 0 Å². The van der Waals surface area contributed by atoms with E-state index in [1.165, 1.54) is 0 Å². The van der Waals surface area contributed by atoms with E-state index in [0.717, 1.165) is 28.8 Å². The van der Waals surface area contributed by atoms with Gasteiger partial charge in [-0.25, -0.2) is 9.97 Å². The van der Waals surface area contributed by atoms with Crippen LogP contribution < -0.4 is 10.6 Å². The third-order valence-electron chi connectivity index (χ3n) is 3.17. The Morgan fingerprint density at radius 2 is 1.83 bits per heavy atom. The summed E-state index contributed by atoms with van der Waals surface area (Å²) in [5.41, 5.74) is 4.73. The van der Waals surface area contributed by atoms with Crippen LogP contribution in [0.15, 0.2) is 40.7 Å². The van der Waals surface area contributed by atoms with E-state index in [2.05, 4.69) is 26.1 Å². The number of aromatic nitrogens is 2. The Morgan fingerprint density at radius 3 is 2.39 bits per heavy atom. The highest BCUT2D eigenvalue weighted by Gasteiger charge is 2.02. The molecule has 0 bridgehead atoms. The first kappa shape index (κ1) is 16.6. The number of nitrogens with two attached hydrogens (primary N) is 1. The van der Waals surface area contributed by atoms with Crippen molar-refractivity contribution < 1.29 is 4.74 Å². The zero-order chi connectivity index (χ0) is 16.7. The average Bonchev–Trinajstić information content (AvgIpc) is 2.54. The van der Waals surface area contributed by atoms with Gasteiger partial charge in [0.1, 0.15) is 12.3 Å². The van der Waals surface area contributed by atoms with Crippen molar-refractivity contribution in [1.82, 2.24) is 9.97 Å². The van der Waals surface area contributed by atoms with E-state index < -0.39 is 0 Å². The van der Waals surface area contributed by atoms with E-state index in [4.69, 9.17) is 10.6 Å². The number of nitrogens with zero attached hydrogens (tertiary/aromatic N) is 4. The Labute approximate surface area is 136 Å². The van der Waals surface area contributed by atoms with Crippen molar-refractivity contribution in [2.45, 2.75) is 27.2 Å². The van der Waals surface area contributed by atoms with E-state index >= 15 is 0 Å². The van der Waals surface area contributed by atoms with Crippen LogP contribution in [-0.2, 0) is 6.42 Å². The van der Waals surface area contributed by atoms with E-state index in [1.54, 1.807) is 18.6 Å². The first-order valence-corrected chi connectivity index (χ1v) is 7.43. The van der Waals surface area contributed by atoms with Crippen LogP contribution in [0.1, 0.15) is 23.6 Å². The minimum absolute atomic E-state index is 0.163. The van der Waals surface area contributed by atoms with Gasteiger partial charge in [-0.3, -0.25) is 4.99 Å². The maximum Gasteiger partial charge on any atom is 0.316 e. The molecule has 0 fully saturated rings. The zero-order valence-corrected chi connectivity index (χ0v) is 13.7. The Balaban J connectivity index is 1.98. The average molecular weight is 311 g/mol. The van der Waals surface area contributed by atoms with Crippen molar-refractivity contribution in [3.63, 3.8) is 0 Å². The molecule has 120 valence electrons. The number of hydrogen-bond acceptors (Lipinski definition) is 6. The Bertz CT molecular complexity index is 687. The molecule has 0 spiro atoms. The predicted molar refractivity (Wildman–Crippen MR) is 92.6 cm³/mol. The van der Waals surface area contributed by atoms with Crippen molar-refractivity contribution in [3.05, 3.63) is 47.3 Å². The van der Waals surface area contributed by atoms with Crippen molar-refractivity contribution in [2.24, 2.45) is 15.9 Å². The van der Waals surface area contributed by atoms with Gasteiger partial charge in [0.25, 0.3) is 0 Å². The fraction of sp³-hybridized carbons (Fsp3) is 0.294. The second kappa shape index (κ2) is 8.03. The summed E-state index contributed by atoms with van der Waals surface area (Å²) in [5, 5.41) is 3.68. The number of hydrogen-bond donors (Lipinski definition) is 1. The fourth-order valence-corrected chi connectivity index (χ4v) is 2.02. The van der Waals surface area contributed by atoms with Gasteiger partial charge in [0, 0.05) is 12.4 Å². The second-order valence-electron chi connectivity index (χ2n) is 5.24. The summed E-state index contributed by atoms with van der Waals surface area (Å²) < 4.78 is 5.47. The van der Waals surface area contributed by atoms with Crippen molar-refractivity contribution in [3.8, 4) is 6.01 Å². The number of rotatable bonds is 6. The summed E-state index contributed by atoms with van der Waals surface area (Å²) in [6, 6.07) is 6.37. The van der Waals surface area contributed by atoms with Gasteiger partial charge >= 0.3 is 6.01 Å². The number of ether oxygens (including phenoxy) is 1. The van der Waals surface area contributed by atoms with Gasteiger partial charge in [0.2, 0.25) is 0 Å². The Kier molecular flexibility index (Phi) is 5.80. The van der Waals surface area contributed by atoms with Crippen LogP contribution in [0, 0.1) is 13.8 Å². The summed E-state index contributed by atoms with van der Waals surface area (Å²) in [7, 11) is 0. The highest BCUT2D eigenvalue weighted by atomic mass is 16.5. The minimum atomic E-state index is 0.163. The monoisotopic (exact) mass is 311 g/mol. The predicted octanol–water partition coefficient (Wildman–Crippen LogP) is 2.75. The third-order valence-corrected chi connectivity index (χ3v) is 3.17. The highest BCUT2D eigenvalue weighted by molar-refractivity contribution is 6.31. The van der Waals surface area contributed by atoms with Crippen LogP contribution in [0.4, 0.5) is 5.69 Å². The van der Waals surface area contributed by atoms with Gasteiger partial charge in [-0.1, -0.05) is 13.0 Å². The Hall–Kier alpha value is -2.76. The molecule has 6 nitrogen and oxygen atoms in total. The molecule has 2 N–H and O–H groups in total. The van der Waals surface area contributed by atoms with Crippen LogP contribution in [0.5, 0.6) is 6.01 Å². The number of aliphatic imine (C=N–C) groups is 1. The minimum Gasteiger partial charge on any atom is -0.457 e. The Morgan fingerprint density at radius 1 is 1.17 bits per heavy atom. The molecule has 0 radical (unpaired) electrons. The van der Waals surface area contributed by atoms with Gasteiger partial charge in [-0.15, -0.1) is 0 Å². The molecule has 1 aromatic heterocycles. The zero-order valence-electron chi connectivity index (χ0n) is 13.7. The SMILES string of the molecule is CCc1cnc(OCC(C=Nc2cc(C)cc(C)c2)=NN)nc1.